The van der Waals surface area contributed by atoms with E-state index in [-0.39, 0.29) is 17.1 Å². The SMILES string of the molecule is NCC(c1ccc(Cl)c(Cl)c1)C(O)c1cccc(Cl)c1F. The molecule has 0 saturated heterocycles. The van der Waals surface area contributed by atoms with E-state index in [2.05, 4.69) is 0 Å². The zero-order valence-electron chi connectivity index (χ0n) is 10.9. The summed E-state index contributed by atoms with van der Waals surface area (Å²) in [6, 6.07) is 9.41. The van der Waals surface area contributed by atoms with E-state index in [9.17, 15) is 9.50 Å². The van der Waals surface area contributed by atoms with Gasteiger partial charge in [0.25, 0.3) is 0 Å². The molecule has 0 heterocycles. The number of halogens is 4. The number of benzene rings is 2. The Hall–Kier alpha value is -0.840. The summed E-state index contributed by atoms with van der Waals surface area (Å²) in [5, 5.41) is 11.2. The third-order valence-corrected chi connectivity index (χ3v) is 4.34. The monoisotopic (exact) mass is 347 g/mol. The fourth-order valence-electron chi connectivity index (χ4n) is 2.16. The normalized spacial score (nSPS) is 14.0. The summed E-state index contributed by atoms with van der Waals surface area (Å²) >= 11 is 17.6. The van der Waals surface area contributed by atoms with Crippen molar-refractivity contribution in [2.24, 2.45) is 5.73 Å². The molecule has 2 nitrogen and oxygen atoms in total. The van der Waals surface area contributed by atoms with Gasteiger partial charge in [-0.15, -0.1) is 0 Å². The van der Waals surface area contributed by atoms with Crippen LogP contribution in [0.4, 0.5) is 4.39 Å². The van der Waals surface area contributed by atoms with E-state index in [0.717, 1.165) is 0 Å². The number of rotatable bonds is 4. The minimum Gasteiger partial charge on any atom is -0.388 e. The largest absolute Gasteiger partial charge is 0.388 e. The van der Waals surface area contributed by atoms with E-state index >= 15 is 0 Å². The van der Waals surface area contributed by atoms with E-state index in [0.29, 0.717) is 15.6 Å². The average Bonchev–Trinajstić information content (AvgIpc) is 2.46. The lowest BCUT2D eigenvalue weighted by atomic mass is 9.89. The maximum absolute atomic E-state index is 14.0. The molecule has 0 aliphatic carbocycles. The van der Waals surface area contributed by atoms with Crippen molar-refractivity contribution < 1.29 is 9.50 Å². The molecule has 0 fully saturated rings. The van der Waals surface area contributed by atoms with Crippen molar-refractivity contribution in [3.05, 3.63) is 68.4 Å². The third-order valence-electron chi connectivity index (χ3n) is 3.31. The van der Waals surface area contributed by atoms with Crippen LogP contribution >= 0.6 is 34.8 Å². The molecule has 112 valence electrons. The molecular formula is C15H13Cl3FNO. The second kappa shape index (κ2) is 6.95. The Morgan fingerprint density at radius 1 is 1.05 bits per heavy atom. The van der Waals surface area contributed by atoms with Crippen molar-refractivity contribution in [2.75, 3.05) is 6.54 Å². The van der Waals surface area contributed by atoms with Crippen molar-refractivity contribution in [1.82, 2.24) is 0 Å². The first-order chi connectivity index (χ1) is 9.95. The summed E-state index contributed by atoms with van der Waals surface area (Å²) in [5.41, 5.74) is 6.51. The van der Waals surface area contributed by atoms with E-state index < -0.39 is 17.8 Å². The second-order valence-electron chi connectivity index (χ2n) is 4.60. The van der Waals surface area contributed by atoms with Crippen molar-refractivity contribution in [1.29, 1.82) is 0 Å². The van der Waals surface area contributed by atoms with Gasteiger partial charge >= 0.3 is 0 Å². The molecule has 0 aliphatic heterocycles. The average molecular weight is 349 g/mol. The molecule has 6 heteroatoms. The van der Waals surface area contributed by atoms with E-state index in [1.165, 1.54) is 12.1 Å². The highest BCUT2D eigenvalue weighted by atomic mass is 35.5. The highest BCUT2D eigenvalue weighted by molar-refractivity contribution is 6.42. The van der Waals surface area contributed by atoms with Crippen LogP contribution in [0, 0.1) is 5.82 Å². The van der Waals surface area contributed by atoms with Gasteiger partial charge in [0.05, 0.1) is 21.2 Å². The standard InChI is InChI=1S/C15H13Cl3FNO/c16-11-5-4-8(6-13(11)18)10(7-20)15(21)9-2-1-3-12(17)14(9)19/h1-6,10,15,21H,7,20H2. The molecular weight excluding hydrogens is 336 g/mol. The summed E-state index contributed by atoms with van der Waals surface area (Å²) in [6.45, 7) is 0.116. The number of aliphatic hydroxyl groups is 1. The Balaban J connectivity index is 2.40. The molecule has 0 amide bonds. The number of hydrogen-bond acceptors (Lipinski definition) is 2. The quantitative estimate of drug-likeness (QED) is 0.850. The highest BCUT2D eigenvalue weighted by Gasteiger charge is 2.25. The second-order valence-corrected chi connectivity index (χ2v) is 5.83. The summed E-state index contributed by atoms with van der Waals surface area (Å²) in [7, 11) is 0. The predicted octanol–water partition coefficient (Wildman–Crippen LogP) is 4.56. The Kier molecular flexibility index (Phi) is 5.47. The number of aliphatic hydroxyl groups excluding tert-OH is 1. The van der Waals surface area contributed by atoms with Crippen molar-refractivity contribution in [3.8, 4) is 0 Å². The Labute approximate surface area is 137 Å². The minimum absolute atomic E-state index is 0.0449. The van der Waals surface area contributed by atoms with Crippen molar-refractivity contribution >= 4 is 34.8 Å². The van der Waals surface area contributed by atoms with Gasteiger partial charge in [-0.2, -0.15) is 0 Å². The van der Waals surface area contributed by atoms with Crippen LogP contribution in [-0.4, -0.2) is 11.7 Å². The van der Waals surface area contributed by atoms with Gasteiger partial charge in [0.1, 0.15) is 5.82 Å². The van der Waals surface area contributed by atoms with Crippen molar-refractivity contribution in [2.45, 2.75) is 12.0 Å². The summed E-state index contributed by atoms with van der Waals surface area (Å²) < 4.78 is 14.0. The first-order valence-corrected chi connectivity index (χ1v) is 7.36. The lowest BCUT2D eigenvalue weighted by Crippen LogP contribution is -2.21. The molecule has 0 saturated carbocycles. The molecule has 0 aliphatic rings. The number of hydrogen-bond donors (Lipinski definition) is 2. The third kappa shape index (κ3) is 3.50. The van der Waals surface area contributed by atoms with E-state index in [4.69, 9.17) is 40.5 Å². The topological polar surface area (TPSA) is 46.2 Å². The van der Waals surface area contributed by atoms with Gasteiger partial charge in [0.2, 0.25) is 0 Å². The lowest BCUT2D eigenvalue weighted by molar-refractivity contribution is 0.143. The molecule has 2 rings (SSSR count). The number of nitrogens with two attached hydrogens (primary N) is 1. The van der Waals surface area contributed by atoms with Crippen LogP contribution < -0.4 is 5.73 Å². The highest BCUT2D eigenvalue weighted by Crippen LogP contribution is 2.35. The van der Waals surface area contributed by atoms with Crippen molar-refractivity contribution in [3.63, 3.8) is 0 Å². The first kappa shape index (κ1) is 16.5. The van der Waals surface area contributed by atoms with Gasteiger partial charge in [-0.25, -0.2) is 4.39 Å². The van der Waals surface area contributed by atoms with Gasteiger partial charge in [0.15, 0.2) is 0 Å². The van der Waals surface area contributed by atoms with Crippen LogP contribution in [0.1, 0.15) is 23.1 Å². The smallest absolute Gasteiger partial charge is 0.147 e. The lowest BCUT2D eigenvalue weighted by Gasteiger charge is -2.23. The van der Waals surface area contributed by atoms with E-state index in [1.807, 2.05) is 0 Å². The molecule has 2 aromatic carbocycles. The zero-order valence-corrected chi connectivity index (χ0v) is 13.1. The minimum atomic E-state index is -1.13. The molecule has 0 aromatic heterocycles. The van der Waals surface area contributed by atoms with Crippen LogP contribution in [0.3, 0.4) is 0 Å². The van der Waals surface area contributed by atoms with Gasteiger partial charge in [0, 0.05) is 18.0 Å². The molecule has 0 bridgehead atoms. The van der Waals surface area contributed by atoms with Crippen LogP contribution in [0.2, 0.25) is 15.1 Å². The fraction of sp³-hybridized carbons (Fsp3) is 0.200. The first-order valence-electron chi connectivity index (χ1n) is 6.22. The van der Waals surface area contributed by atoms with Crippen LogP contribution in [-0.2, 0) is 0 Å². The zero-order chi connectivity index (χ0) is 15.6. The van der Waals surface area contributed by atoms with Gasteiger partial charge in [-0.1, -0.05) is 53.0 Å². The molecule has 3 N–H and O–H groups in total. The summed E-state index contributed by atoms with van der Waals surface area (Å²) in [5.74, 6) is -1.17. The summed E-state index contributed by atoms with van der Waals surface area (Å²) in [6.07, 6.45) is -1.13. The maximum Gasteiger partial charge on any atom is 0.147 e. The van der Waals surface area contributed by atoms with E-state index in [1.54, 1.807) is 24.3 Å². The molecule has 21 heavy (non-hydrogen) atoms. The predicted molar refractivity (Wildman–Crippen MR) is 84.6 cm³/mol. The Bertz CT molecular complexity index is 651. The van der Waals surface area contributed by atoms with Crippen LogP contribution in [0.15, 0.2) is 36.4 Å². The molecule has 2 aromatic rings. The van der Waals surface area contributed by atoms with Gasteiger partial charge in [-0.3, -0.25) is 0 Å². The van der Waals surface area contributed by atoms with Crippen LogP contribution in [0.25, 0.3) is 0 Å². The molecule has 0 radical (unpaired) electrons. The Morgan fingerprint density at radius 3 is 2.38 bits per heavy atom. The fourth-order valence-corrected chi connectivity index (χ4v) is 2.64. The van der Waals surface area contributed by atoms with Gasteiger partial charge in [-0.05, 0) is 23.8 Å². The molecule has 2 unspecified atom stereocenters. The molecule has 0 spiro atoms. The van der Waals surface area contributed by atoms with Crippen LogP contribution in [0.5, 0.6) is 0 Å². The maximum atomic E-state index is 14.0. The van der Waals surface area contributed by atoms with Gasteiger partial charge < -0.3 is 10.8 Å². The Morgan fingerprint density at radius 2 is 1.76 bits per heavy atom. The summed E-state index contributed by atoms with van der Waals surface area (Å²) in [4.78, 5) is 0. The molecule has 2 atom stereocenters.